The Kier molecular flexibility index (Phi) is 7.25. The molecule has 0 radical (unpaired) electrons. The first-order valence-electron chi connectivity index (χ1n) is 6.92. The molecule has 0 atom stereocenters. The number of rotatable bonds is 7. The third-order valence-corrected chi connectivity index (χ3v) is 3.54. The van der Waals surface area contributed by atoms with Crippen LogP contribution in [0.5, 0.6) is 0 Å². The Balaban J connectivity index is 2.41. The molecule has 0 spiro atoms. The van der Waals surface area contributed by atoms with E-state index in [1.54, 1.807) is 11.0 Å². The summed E-state index contributed by atoms with van der Waals surface area (Å²) < 4.78 is 4.72. The number of nitrogens with zero attached hydrogens (tertiary/aromatic N) is 2. The topological polar surface area (TPSA) is 70.1 Å². The third kappa shape index (κ3) is 4.94. The van der Waals surface area contributed by atoms with Gasteiger partial charge in [0.05, 0.1) is 26.2 Å². The number of esters is 1. The third-order valence-electron chi connectivity index (χ3n) is 3.54. The number of piperidine rings is 1. The average Bonchev–Trinajstić information content (AvgIpc) is 2.47. The van der Waals surface area contributed by atoms with Crippen molar-refractivity contribution >= 4 is 11.9 Å². The molecule has 0 unspecified atom stereocenters. The molecule has 0 aromatic heterocycles. The Morgan fingerprint density at radius 3 is 2.60 bits per heavy atom. The second-order valence-corrected chi connectivity index (χ2v) is 4.93. The summed E-state index contributed by atoms with van der Waals surface area (Å²) in [4.78, 5) is 27.2. The Morgan fingerprint density at radius 2 is 2.10 bits per heavy atom. The Hall–Kier alpha value is -1.40. The lowest BCUT2D eigenvalue weighted by Gasteiger charge is -2.32. The minimum absolute atomic E-state index is 0.0194. The van der Waals surface area contributed by atoms with Gasteiger partial charge in [-0.15, -0.1) is 6.58 Å². The molecule has 0 aliphatic carbocycles. The van der Waals surface area contributed by atoms with Crippen LogP contribution in [0.15, 0.2) is 12.7 Å². The van der Waals surface area contributed by atoms with E-state index in [2.05, 4.69) is 6.58 Å². The lowest BCUT2D eigenvalue weighted by atomic mass is 9.97. The van der Waals surface area contributed by atoms with Gasteiger partial charge in [0.15, 0.2) is 0 Å². The van der Waals surface area contributed by atoms with Gasteiger partial charge in [-0.1, -0.05) is 6.08 Å². The first kappa shape index (κ1) is 16.7. The van der Waals surface area contributed by atoms with Gasteiger partial charge in [0.2, 0.25) is 5.91 Å². The van der Waals surface area contributed by atoms with Crippen molar-refractivity contribution < 1.29 is 19.4 Å². The highest BCUT2D eigenvalue weighted by atomic mass is 16.5. The Labute approximate surface area is 120 Å². The van der Waals surface area contributed by atoms with Crippen LogP contribution in [-0.4, -0.2) is 73.2 Å². The van der Waals surface area contributed by atoms with E-state index in [-0.39, 0.29) is 30.9 Å². The van der Waals surface area contributed by atoms with Crippen LogP contribution in [0.1, 0.15) is 12.8 Å². The number of aliphatic hydroxyl groups is 1. The van der Waals surface area contributed by atoms with E-state index in [0.29, 0.717) is 39.0 Å². The summed E-state index contributed by atoms with van der Waals surface area (Å²) in [5.41, 5.74) is 0. The monoisotopic (exact) mass is 284 g/mol. The van der Waals surface area contributed by atoms with Crippen molar-refractivity contribution in [2.45, 2.75) is 12.8 Å². The molecule has 114 valence electrons. The van der Waals surface area contributed by atoms with E-state index in [1.165, 1.54) is 7.11 Å². The van der Waals surface area contributed by atoms with Crippen molar-refractivity contribution in [3.05, 3.63) is 12.7 Å². The maximum Gasteiger partial charge on any atom is 0.308 e. The van der Waals surface area contributed by atoms with Crippen molar-refractivity contribution in [1.82, 2.24) is 9.80 Å². The quantitative estimate of drug-likeness (QED) is 0.521. The van der Waals surface area contributed by atoms with Crippen LogP contribution in [-0.2, 0) is 14.3 Å². The minimum atomic E-state index is -0.189. The first-order valence-corrected chi connectivity index (χ1v) is 6.92. The van der Waals surface area contributed by atoms with Crippen LogP contribution in [0.2, 0.25) is 0 Å². The van der Waals surface area contributed by atoms with E-state index >= 15 is 0 Å². The summed E-state index contributed by atoms with van der Waals surface area (Å²) in [5.74, 6) is -0.250. The number of carbonyl (C=O) groups is 2. The number of hydrogen-bond donors (Lipinski definition) is 1. The largest absolute Gasteiger partial charge is 0.469 e. The molecular weight excluding hydrogens is 260 g/mol. The zero-order valence-electron chi connectivity index (χ0n) is 12.1. The maximum absolute atomic E-state index is 12.2. The van der Waals surface area contributed by atoms with E-state index in [9.17, 15) is 9.59 Å². The molecule has 1 amide bonds. The highest BCUT2D eigenvalue weighted by Gasteiger charge is 2.28. The van der Waals surface area contributed by atoms with Gasteiger partial charge in [-0.2, -0.15) is 0 Å². The lowest BCUT2D eigenvalue weighted by molar-refractivity contribution is -0.149. The van der Waals surface area contributed by atoms with Gasteiger partial charge in [-0.05, 0) is 12.8 Å². The van der Waals surface area contributed by atoms with Gasteiger partial charge in [0, 0.05) is 26.2 Å². The predicted molar refractivity (Wildman–Crippen MR) is 75.0 cm³/mol. The number of carbonyl (C=O) groups excluding carboxylic acids is 2. The van der Waals surface area contributed by atoms with Crippen LogP contribution in [0.25, 0.3) is 0 Å². The lowest BCUT2D eigenvalue weighted by Crippen LogP contribution is -2.45. The van der Waals surface area contributed by atoms with Gasteiger partial charge >= 0.3 is 5.97 Å². The van der Waals surface area contributed by atoms with Gasteiger partial charge in [0.1, 0.15) is 0 Å². The second kappa shape index (κ2) is 8.71. The molecule has 0 aromatic rings. The zero-order valence-corrected chi connectivity index (χ0v) is 12.1. The van der Waals surface area contributed by atoms with Crippen molar-refractivity contribution in [1.29, 1.82) is 0 Å². The molecular formula is C14H24N2O4. The van der Waals surface area contributed by atoms with E-state index in [0.717, 1.165) is 0 Å². The molecule has 1 aliphatic rings. The van der Waals surface area contributed by atoms with Crippen molar-refractivity contribution in [2.24, 2.45) is 5.92 Å². The molecule has 6 heteroatoms. The molecule has 1 fully saturated rings. The fourth-order valence-corrected chi connectivity index (χ4v) is 2.38. The van der Waals surface area contributed by atoms with Gasteiger partial charge in [-0.25, -0.2) is 0 Å². The normalized spacial score (nSPS) is 16.2. The molecule has 1 rings (SSSR count). The molecule has 0 saturated carbocycles. The molecule has 1 N–H and O–H groups in total. The van der Waals surface area contributed by atoms with Crippen molar-refractivity contribution in [2.75, 3.05) is 46.4 Å². The number of aliphatic hydroxyl groups excluding tert-OH is 1. The summed E-state index contributed by atoms with van der Waals surface area (Å²) in [6.45, 7) is 6.13. The van der Waals surface area contributed by atoms with Crippen LogP contribution in [0.3, 0.4) is 0 Å². The standard InChI is InChI=1S/C14H24N2O4/c1-3-6-15(9-10-17)11-13(18)16-7-4-12(5-8-16)14(19)20-2/h3,12,17H,1,4-11H2,2H3. The summed E-state index contributed by atoms with van der Waals surface area (Å²) >= 11 is 0. The average molecular weight is 284 g/mol. The van der Waals surface area contributed by atoms with Crippen LogP contribution >= 0.6 is 0 Å². The molecule has 6 nitrogen and oxygen atoms in total. The molecule has 20 heavy (non-hydrogen) atoms. The molecule has 1 saturated heterocycles. The molecule has 0 bridgehead atoms. The van der Waals surface area contributed by atoms with Gasteiger partial charge < -0.3 is 14.7 Å². The Bertz CT molecular complexity index is 338. The van der Waals surface area contributed by atoms with E-state index < -0.39 is 0 Å². The smallest absolute Gasteiger partial charge is 0.308 e. The fraction of sp³-hybridized carbons (Fsp3) is 0.714. The zero-order chi connectivity index (χ0) is 15.0. The Morgan fingerprint density at radius 1 is 1.45 bits per heavy atom. The number of hydrogen-bond acceptors (Lipinski definition) is 5. The van der Waals surface area contributed by atoms with E-state index in [4.69, 9.17) is 9.84 Å². The summed E-state index contributed by atoms with van der Waals surface area (Å²) in [5, 5.41) is 8.96. The predicted octanol–water partition coefficient (Wildman–Crippen LogP) is -0.122. The summed E-state index contributed by atoms with van der Waals surface area (Å²) in [6, 6.07) is 0. The van der Waals surface area contributed by atoms with Crippen molar-refractivity contribution in [3.8, 4) is 0 Å². The van der Waals surface area contributed by atoms with Crippen molar-refractivity contribution in [3.63, 3.8) is 0 Å². The van der Waals surface area contributed by atoms with Crippen LogP contribution < -0.4 is 0 Å². The maximum atomic E-state index is 12.2. The molecule has 1 heterocycles. The summed E-state index contributed by atoms with van der Waals surface area (Å²) in [7, 11) is 1.39. The molecule has 1 aliphatic heterocycles. The minimum Gasteiger partial charge on any atom is -0.469 e. The van der Waals surface area contributed by atoms with Gasteiger partial charge in [0.25, 0.3) is 0 Å². The highest BCUT2D eigenvalue weighted by molar-refractivity contribution is 5.79. The number of ether oxygens (including phenoxy) is 1. The highest BCUT2D eigenvalue weighted by Crippen LogP contribution is 2.18. The fourth-order valence-electron chi connectivity index (χ4n) is 2.38. The number of amides is 1. The SMILES string of the molecule is C=CCN(CCO)CC(=O)N1CCC(C(=O)OC)CC1. The first-order chi connectivity index (χ1) is 9.62. The van der Waals surface area contributed by atoms with Crippen LogP contribution in [0, 0.1) is 5.92 Å². The molecule has 0 aromatic carbocycles. The van der Waals surface area contributed by atoms with Crippen LogP contribution in [0.4, 0.5) is 0 Å². The summed E-state index contributed by atoms with van der Waals surface area (Å²) in [6.07, 6.45) is 3.02. The number of likely N-dealkylation sites (tertiary alicyclic amines) is 1. The van der Waals surface area contributed by atoms with Gasteiger partial charge in [-0.3, -0.25) is 14.5 Å². The number of methoxy groups -OCH3 is 1. The van der Waals surface area contributed by atoms with E-state index in [1.807, 2.05) is 4.90 Å². The second-order valence-electron chi connectivity index (χ2n) is 4.93.